The van der Waals surface area contributed by atoms with Gasteiger partial charge in [-0.25, -0.2) is 10.2 Å². The molecule has 0 aliphatic rings. The summed E-state index contributed by atoms with van der Waals surface area (Å²) in [5.41, 5.74) is 2.88. The van der Waals surface area contributed by atoms with E-state index in [0.29, 0.717) is 15.6 Å². The summed E-state index contributed by atoms with van der Waals surface area (Å²) in [6, 6.07) is 19.2. The summed E-state index contributed by atoms with van der Waals surface area (Å²) in [7, 11) is 0. The highest BCUT2D eigenvalue weighted by molar-refractivity contribution is 9.10. The van der Waals surface area contributed by atoms with Gasteiger partial charge in [-0.05, 0) is 43.3 Å². The molecule has 3 aromatic carbocycles. The van der Waals surface area contributed by atoms with E-state index in [0.717, 1.165) is 0 Å². The minimum absolute atomic E-state index is 0.0313. The molecule has 0 aromatic heterocycles. The van der Waals surface area contributed by atoms with Gasteiger partial charge < -0.3 is 9.47 Å². The van der Waals surface area contributed by atoms with Crippen LogP contribution in [-0.2, 0) is 4.79 Å². The van der Waals surface area contributed by atoms with E-state index < -0.39 is 22.9 Å². The smallest absolute Gasteiger partial charge is 0.343 e. The van der Waals surface area contributed by atoms with Crippen molar-refractivity contribution < 1.29 is 24.0 Å². The van der Waals surface area contributed by atoms with Gasteiger partial charge in [0.2, 0.25) is 0 Å². The summed E-state index contributed by atoms with van der Waals surface area (Å²) in [6.07, 6.45) is 0.259. The lowest BCUT2D eigenvalue weighted by Gasteiger charge is -2.13. The van der Waals surface area contributed by atoms with Crippen LogP contribution in [0.3, 0.4) is 0 Å². The van der Waals surface area contributed by atoms with Gasteiger partial charge in [0, 0.05) is 16.1 Å². The first kappa shape index (κ1) is 23.6. The second-order valence-corrected chi connectivity index (χ2v) is 7.57. The van der Waals surface area contributed by atoms with Crippen LogP contribution < -0.4 is 14.9 Å². The molecule has 0 saturated heterocycles. The van der Waals surface area contributed by atoms with Crippen LogP contribution >= 0.6 is 15.9 Å². The van der Waals surface area contributed by atoms with Crippen LogP contribution in [0.5, 0.6) is 11.5 Å². The Morgan fingerprint density at radius 2 is 1.76 bits per heavy atom. The zero-order chi connectivity index (χ0) is 23.8. The first-order valence-corrected chi connectivity index (χ1v) is 10.4. The average molecular weight is 512 g/mol. The average Bonchev–Trinajstić information content (AvgIpc) is 2.81. The number of nitrogens with zero attached hydrogens (tertiary/aromatic N) is 2. The Morgan fingerprint density at radius 1 is 1.06 bits per heavy atom. The molecule has 3 aromatic rings. The second kappa shape index (κ2) is 11.0. The first-order chi connectivity index (χ1) is 15.8. The molecule has 0 heterocycles. The molecule has 3 rings (SSSR count). The Labute approximate surface area is 197 Å². The van der Waals surface area contributed by atoms with Gasteiger partial charge in [-0.1, -0.05) is 46.3 Å². The zero-order valence-electron chi connectivity index (χ0n) is 17.3. The fraction of sp³-hybridized carbons (Fsp3) is 0.0870. The van der Waals surface area contributed by atoms with Crippen LogP contribution in [-0.4, -0.2) is 29.1 Å². The molecule has 1 unspecified atom stereocenters. The maximum absolute atomic E-state index is 12.4. The van der Waals surface area contributed by atoms with Crippen molar-refractivity contribution in [3.63, 3.8) is 0 Å². The van der Waals surface area contributed by atoms with Crippen LogP contribution in [0.15, 0.2) is 82.4 Å². The van der Waals surface area contributed by atoms with Crippen LogP contribution in [0.25, 0.3) is 0 Å². The highest BCUT2D eigenvalue weighted by Crippen LogP contribution is 2.27. The number of carbonyl (C=O) groups is 2. The predicted octanol–water partition coefficient (Wildman–Crippen LogP) is 4.49. The number of benzene rings is 3. The maximum atomic E-state index is 12.4. The molecule has 0 spiro atoms. The summed E-state index contributed by atoms with van der Waals surface area (Å²) in [5, 5.41) is 15.0. The Bertz CT molecular complexity index is 1200. The Balaban J connectivity index is 1.67. The highest BCUT2D eigenvalue weighted by atomic mass is 79.9. The Kier molecular flexibility index (Phi) is 7.87. The molecule has 1 N–H and O–H groups in total. The predicted molar refractivity (Wildman–Crippen MR) is 124 cm³/mol. The minimum atomic E-state index is -1.05. The van der Waals surface area contributed by atoms with Crippen molar-refractivity contribution in [2.24, 2.45) is 5.10 Å². The van der Waals surface area contributed by atoms with Crippen LogP contribution in [0, 0.1) is 10.1 Å². The number of hydrogen-bond donors (Lipinski definition) is 1. The minimum Gasteiger partial charge on any atom is -0.474 e. The summed E-state index contributed by atoms with van der Waals surface area (Å²) in [6.45, 7) is 1.44. The molecule has 33 heavy (non-hydrogen) atoms. The van der Waals surface area contributed by atoms with E-state index in [1.54, 1.807) is 54.6 Å². The molecule has 0 aliphatic carbocycles. The molecule has 168 valence electrons. The van der Waals surface area contributed by atoms with Crippen LogP contribution in [0.4, 0.5) is 5.69 Å². The summed E-state index contributed by atoms with van der Waals surface area (Å²) in [4.78, 5) is 35.2. The van der Waals surface area contributed by atoms with Gasteiger partial charge >= 0.3 is 11.7 Å². The standard InChI is InChI=1S/C23H18BrN3O6/c1-15(32-21-10-6-5-9-19(21)27(30)31)22(28)26-25-14-17-13-18(24)11-12-20(17)33-23(29)16-7-3-2-4-8-16/h2-15H,1H3,(H,26,28). The van der Waals surface area contributed by atoms with E-state index in [-0.39, 0.29) is 17.2 Å². The van der Waals surface area contributed by atoms with Gasteiger partial charge in [0.25, 0.3) is 5.91 Å². The Hall–Kier alpha value is -4.05. The number of hydrogen-bond acceptors (Lipinski definition) is 7. The molecule has 9 nitrogen and oxygen atoms in total. The second-order valence-electron chi connectivity index (χ2n) is 6.66. The third-order valence-corrected chi connectivity index (χ3v) is 4.79. The summed E-state index contributed by atoms with van der Waals surface area (Å²) >= 11 is 3.34. The number of nitrogens with one attached hydrogen (secondary N) is 1. The van der Waals surface area contributed by atoms with Crippen molar-refractivity contribution in [3.8, 4) is 11.5 Å². The van der Waals surface area contributed by atoms with Gasteiger partial charge in [0.1, 0.15) is 5.75 Å². The summed E-state index contributed by atoms with van der Waals surface area (Å²) in [5.74, 6) is -0.948. The van der Waals surface area contributed by atoms with E-state index in [1.165, 1.54) is 31.3 Å². The molecule has 0 fully saturated rings. The zero-order valence-corrected chi connectivity index (χ0v) is 18.9. The van der Waals surface area contributed by atoms with Crippen molar-refractivity contribution in [2.45, 2.75) is 13.0 Å². The highest BCUT2D eigenvalue weighted by Gasteiger charge is 2.20. The molecule has 1 atom stereocenters. The largest absolute Gasteiger partial charge is 0.474 e. The SMILES string of the molecule is CC(Oc1ccccc1[N+](=O)[O-])C(=O)NN=Cc1cc(Br)ccc1OC(=O)c1ccccc1. The number of hydrazone groups is 1. The number of halogens is 1. The molecule has 0 bridgehead atoms. The number of amides is 1. The van der Waals surface area contributed by atoms with E-state index in [2.05, 4.69) is 26.5 Å². The first-order valence-electron chi connectivity index (χ1n) is 9.65. The molecule has 0 aliphatic heterocycles. The molecule has 1 amide bonds. The normalized spacial score (nSPS) is 11.6. The van der Waals surface area contributed by atoms with E-state index in [4.69, 9.17) is 9.47 Å². The number of esters is 1. The van der Waals surface area contributed by atoms with Crippen LogP contribution in [0.2, 0.25) is 0 Å². The topological polar surface area (TPSA) is 120 Å². The number of carbonyl (C=O) groups excluding carboxylic acids is 2. The van der Waals surface area contributed by atoms with E-state index >= 15 is 0 Å². The fourth-order valence-corrected chi connectivity index (χ4v) is 3.03. The number of rotatable bonds is 8. The molecule has 0 radical (unpaired) electrons. The fourth-order valence-electron chi connectivity index (χ4n) is 2.65. The number of nitro benzene ring substituents is 1. The van der Waals surface area contributed by atoms with Crippen molar-refractivity contribution in [2.75, 3.05) is 0 Å². The maximum Gasteiger partial charge on any atom is 0.343 e. The molecular weight excluding hydrogens is 494 g/mol. The lowest BCUT2D eigenvalue weighted by Crippen LogP contribution is -2.33. The molecule has 0 saturated carbocycles. The number of ether oxygens (including phenoxy) is 2. The lowest BCUT2D eigenvalue weighted by atomic mass is 10.2. The van der Waals surface area contributed by atoms with Crippen molar-refractivity contribution in [1.82, 2.24) is 5.43 Å². The van der Waals surface area contributed by atoms with Gasteiger partial charge in [0.15, 0.2) is 11.9 Å². The van der Waals surface area contributed by atoms with Crippen molar-refractivity contribution in [3.05, 3.63) is 98.5 Å². The van der Waals surface area contributed by atoms with E-state index in [9.17, 15) is 19.7 Å². The lowest BCUT2D eigenvalue weighted by molar-refractivity contribution is -0.386. The quantitative estimate of drug-likeness (QED) is 0.156. The van der Waals surface area contributed by atoms with E-state index in [1.807, 2.05) is 0 Å². The molecule has 10 heteroatoms. The third kappa shape index (κ3) is 6.47. The van der Waals surface area contributed by atoms with Gasteiger partial charge in [-0.15, -0.1) is 0 Å². The number of para-hydroxylation sites is 2. The van der Waals surface area contributed by atoms with Gasteiger partial charge in [-0.3, -0.25) is 14.9 Å². The van der Waals surface area contributed by atoms with Crippen LogP contribution in [0.1, 0.15) is 22.8 Å². The number of nitro groups is 1. The summed E-state index contributed by atoms with van der Waals surface area (Å²) < 4.78 is 11.6. The molecular formula is C23H18BrN3O6. The third-order valence-electron chi connectivity index (χ3n) is 4.30. The monoisotopic (exact) mass is 511 g/mol. The Morgan fingerprint density at radius 3 is 2.48 bits per heavy atom. The van der Waals surface area contributed by atoms with Crippen molar-refractivity contribution in [1.29, 1.82) is 0 Å². The van der Waals surface area contributed by atoms with Gasteiger partial charge in [-0.2, -0.15) is 5.10 Å². The van der Waals surface area contributed by atoms with Gasteiger partial charge in [0.05, 0.1) is 16.7 Å². The van der Waals surface area contributed by atoms with Crippen molar-refractivity contribution >= 4 is 39.7 Å².